The van der Waals surface area contributed by atoms with Crippen molar-refractivity contribution >= 4 is 11.3 Å². The first kappa shape index (κ1) is 5.68. The van der Waals surface area contributed by atoms with Crippen molar-refractivity contribution < 1.29 is 4.52 Å². The number of nitrogens with zero attached hydrogens (tertiary/aromatic N) is 1. The molecule has 2 aromatic rings. The SMILES string of the molecule is [c]1cc(-c2cccs2)on1. The summed E-state index contributed by atoms with van der Waals surface area (Å²) in [5, 5.41) is 5.48. The van der Waals surface area contributed by atoms with E-state index in [1.54, 1.807) is 17.4 Å². The van der Waals surface area contributed by atoms with Crippen LogP contribution in [0.3, 0.4) is 0 Å². The van der Waals surface area contributed by atoms with Crippen molar-refractivity contribution in [2.45, 2.75) is 0 Å². The Morgan fingerprint density at radius 1 is 1.60 bits per heavy atom. The van der Waals surface area contributed by atoms with Crippen LogP contribution >= 0.6 is 11.3 Å². The molecule has 0 saturated carbocycles. The number of aromatic nitrogens is 1. The highest BCUT2D eigenvalue weighted by Gasteiger charge is 2.00. The van der Waals surface area contributed by atoms with Crippen LogP contribution in [0.1, 0.15) is 0 Å². The van der Waals surface area contributed by atoms with Crippen LogP contribution in [0.15, 0.2) is 28.1 Å². The van der Waals surface area contributed by atoms with Gasteiger partial charge < -0.3 is 4.52 Å². The molecule has 2 rings (SSSR count). The van der Waals surface area contributed by atoms with E-state index in [1.165, 1.54) is 0 Å². The highest BCUT2D eigenvalue weighted by Crippen LogP contribution is 2.22. The normalized spacial score (nSPS) is 10.0. The maximum atomic E-state index is 4.88. The first-order valence-corrected chi connectivity index (χ1v) is 3.71. The summed E-state index contributed by atoms with van der Waals surface area (Å²) in [7, 11) is 0. The van der Waals surface area contributed by atoms with Gasteiger partial charge >= 0.3 is 0 Å². The van der Waals surface area contributed by atoms with Crippen LogP contribution in [-0.2, 0) is 0 Å². The average molecular weight is 150 g/mol. The lowest BCUT2D eigenvalue weighted by atomic mass is 10.4. The third-order valence-corrected chi connectivity index (χ3v) is 2.04. The van der Waals surface area contributed by atoms with Crippen molar-refractivity contribution in [3.8, 4) is 10.6 Å². The van der Waals surface area contributed by atoms with Crippen LogP contribution in [-0.4, -0.2) is 5.16 Å². The van der Waals surface area contributed by atoms with Gasteiger partial charge in [0.15, 0.2) is 5.76 Å². The summed E-state index contributed by atoms with van der Waals surface area (Å²) in [5.74, 6) is 0.787. The predicted octanol–water partition coefficient (Wildman–Crippen LogP) is 2.20. The molecule has 2 aromatic heterocycles. The molecular formula is C7H4NOS. The van der Waals surface area contributed by atoms with E-state index in [0.29, 0.717) is 0 Å². The molecule has 1 radical (unpaired) electrons. The van der Waals surface area contributed by atoms with Crippen LogP contribution in [0.2, 0.25) is 0 Å². The summed E-state index contributed by atoms with van der Waals surface area (Å²) >= 11 is 1.63. The van der Waals surface area contributed by atoms with Gasteiger partial charge in [0.05, 0.1) is 4.88 Å². The molecule has 0 aliphatic rings. The fourth-order valence-electron chi connectivity index (χ4n) is 0.722. The maximum absolute atomic E-state index is 4.88. The number of hydrogen-bond acceptors (Lipinski definition) is 3. The van der Waals surface area contributed by atoms with E-state index in [9.17, 15) is 0 Å². The topological polar surface area (TPSA) is 26.0 Å². The molecule has 0 atom stereocenters. The third kappa shape index (κ3) is 0.844. The molecule has 0 aliphatic heterocycles. The zero-order valence-electron chi connectivity index (χ0n) is 5.07. The van der Waals surface area contributed by atoms with Gasteiger partial charge in [-0.1, -0.05) is 11.2 Å². The molecule has 0 N–H and O–H groups in total. The van der Waals surface area contributed by atoms with Gasteiger partial charge in [-0.05, 0) is 11.4 Å². The molecular weight excluding hydrogens is 146 g/mol. The minimum atomic E-state index is 0.787. The Morgan fingerprint density at radius 3 is 3.20 bits per heavy atom. The van der Waals surface area contributed by atoms with Gasteiger partial charge in [-0.25, -0.2) is 0 Å². The second-order valence-corrected chi connectivity index (χ2v) is 2.75. The second-order valence-electron chi connectivity index (χ2n) is 1.80. The highest BCUT2D eigenvalue weighted by atomic mass is 32.1. The van der Waals surface area contributed by atoms with Gasteiger partial charge in [0, 0.05) is 6.07 Å². The third-order valence-electron chi connectivity index (χ3n) is 1.16. The van der Waals surface area contributed by atoms with E-state index in [1.807, 2.05) is 17.5 Å². The predicted molar refractivity (Wildman–Crippen MR) is 38.7 cm³/mol. The summed E-state index contributed by atoms with van der Waals surface area (Å²) in [4.78, 5) is 1.09. The van der Waals surface area contributed by atoms with Crippen LogP contribution < -0.4 is 0 Å². The second kappa shape index (κ2) is 2.27. The molecule has 2 heterocycles. The number of hydrogen-bond donors (Lipinski definition) is 0. The summed E-state index contributed by atoms with van der Waals surface area (Å²) in [6, 6.07) is 5.69. The van der Waals surface area contributed by atoms with Crippen molar-refractivity contribution in [2.75, 3.05) is 0 Å². The Morgan fingerprint density at radius 2 is 2.60 bits per heavy atom. The molecule has 2 nitrogen and oxygen atoms in total. The average Bonchev–Trinajstić information content (AvgIpc) is 2.59. The lowest BCUT2D eigenvalue weighted by Gasteiger charge is -1.82. The van der Waals surface area contributed by atoms with Crippen molar-refractivity contribution in [2.24, 2.45) is 0 Å². The first-order valence-electron chi connectivity index (χ1n) is 2.83. The van der Waals surface area contributed by atoms with Crippen molar-refractivity contribution in [1.82, 2.24) is 5.16 Å². The van der Waals surface area contributed by atoms with Crippen molar-refractivity contribution in [3.63, 3.8) is 0 Å². The standard InChI is InChI=1S/C7H4NOS/c1-2-7(10-5-1)6-3-4-8-9-6/h1-3,5H. The zero-order valence-corrected chi connectivity index (χ0v) is 5.89. The molecule has 0 aromatic carbocycles. The van der Waals surface area contributed by atoms with Crippen molar-refractivity contribution in [1.29, 1.82) is 0 Å². The maximum Gasteiger partial charge on any atom is 0.177 e. The van der Waals surface area contributed by atoms with E-state index in [2.05, 4.69) is 11.4 Å². The molecule has 0 bridgehead atoms. The van der Waals surface area contributed by atoms with Crippen LogP contribution in [0.25, 0.3) is 10.6 Å². The van der Waals surface area contributed by atoms with Gasteiger partial charge in [-0.2, -0.15) is 0 Å². The van der Waals surface area contributed by atoms with Crippen LogP contribution in [0.5, 0.6) is 0 Å². The van der Waals surface area contributed by atoms with E-state index < -0.39 is 0 Å². The quantitative estimate of drug-likeness (QED) is 0.622. The zero-order chi connectivity index (χ0) is 6.81. The number of rotatable bonds is 1. The highest BCUT2D eigenvalue weighted by molar-refractivity contribution is 7.13. The molecule has 0 fully saturated rings. The Labute approximate surface area is 62.1 Å². The molecule has 0 unspecified atom stereocenters. The van der Waals surface area contributed by atoms with E-state index >= 15 is 0 Å². The van der Waals surface area contributed by atoms with Gasteiger partial charge in [-0.3, -0.25) is 0 Å². The minimum Gasteiger partial charge on any atom is -0.355 e. The summed E-state index contributed by atoms with van der Waals surface area (Å²) < 4.78 is 4.88. The Hall–Kier alpha value is -1.09. The van der Waals surface area contributed by atoms with Gasteiger partial charge in [0.2, 0.25) is 0 Å². The molecule has 0 amide bonds. The van der Waals surface area contributed by atoms with Crippen molar-refractivity contribution in [3.05, 3.63) is 29.8 Å². The lowest BCUT2D eigenvalue weighted by molar-refractivity contribution is 0.431. The molecule has 0 spiro atoms. The molecule has 49 valence electrons. The monoisotopic (exact) mass is 150 g/mol. The van der Waals surface area contributed by atoms with E-state index in [4.69, 9.17) is 4.52 Å². The molecule has 10 heavy (non-hydrogen) atoms. The van der Waals surface area contributed by atoms with E-state index in [-0.39, 0.29) is 0 Å². The fourth-order valence-corrected chi connectivity index (χ4v) is 1.39. The Bertz CT molecular complexity index is 253. The summed E-state index contributed by atoms with van der Waals surface area (Å²) in [6.07, 6.45) is 2.61. The fraction of sp³-hybridized carbons (Fsp3) is 0. The van der Waals surface area contributed by atoms with Gasteiger partial charge in [-0.15, -0.1) is 11.3 Å². The van der Waals surface area contributed by atoms with Gasteiger partial charge in [0.1, 0.15) is 6.20 Å². The Balaban J connectivity index is 2.48. The Kier molecular flexibility index (Phi) is 1.29. The van der Waals surface area contributed by atoms with Gasteiger partial charge in [0.25, 0.3) is 0 Å². The van der Waals surface area contributed by atoms with Crippen LogP contribution in [0.4, 0.5) is 0 Å². The largest absolute Gasteiger partial charge is 0.355 e. The first-order chi connectivity index (χ1) is 4.97. The van der Waals surface area contributed by atoms with Crippen LogP contribution in [0, 0.1) is 6.20 Å². The molecule has 0 saturated heterocycles. The summed E-state index contributed by atoms with van der Waals surface area (Å²) in [5.41, 5.74) is 0. The molecule has 3 heteroatoms. The number of thiophene rings is 1. The smallest absolute Gasteiger partial charge is 0.177 e. The lowest BCUT2D eigenvalue weighted by Crippen LogP contribution is -1.59. The summed E-state index contributed by atoms with van der Waals surface area (Å²) in [6.45, 7) is 0. The molecule has 0 aliphatic carbocycles. The minimum absolute atomic E-state index is 0.787. The van der Waals surface area contributed by atoms with E-state index in [0.717, 1.165) is 10.6 Å².